The van der Waals surface area contributed by atoms with E-state index >= 15 is 0 Å². The number of benzene rings is 1. The van der Waals surface area contributed by atoms with Crippen LogP contribution in [0.4, 0.5) is 4.39 Å². The van der Waals surface area contributed by atoms with E-state index in [4.69, 9.17) is 11.6 Å². The molecule has 0 amide bonds. The van der Waals surface area contributed by atoms with Gasteiger partial charge in [0.1, 0.15) is 5.82 Å². The summed E-state index contributed by atoms with van der Waals surface area (Å²) in [5.41, 5.74) is 1.09. The summed E-state index contributed by atoms with van der Waals surface area (Å²) < 4.78 is 12.6. The van der Waals surface area contributed by atoms with E-state index in [1.54, 1.807) is 12.1 Å². The van der Waals surface area contributed by atoms with Gasteiger partial charge >= 0.3 is 0 Å². The highest BCUT2D eigenvalue weighted by atomic mass is 35.5. The minimum atomic E-state index is -0.192. The van der Waals surface area contributed by atoms with Gasteiger partial charge in [-0.15, -0.1) is 11.6 Å². The minimum Gasteiger partial charge on any atom is -0.310 e. The molecule has 1 nitrogen and oxygen atoms in total. The van der Waals surface area contributed by atoms with Crippen molar-refractivity contribution in [2.45, 2.75) is 25.9 Å². The lowest BCUT2D eigenvalue weighted by molar-refractivity contribution is 0.535. The van der Waals surface area contributed by atoms with Gasteiger partial charge in [-0.2, -0.15) is 0 Å². The topological polar surface area (TPSA) is 12.0 Å². The van der Waals surface area contributed by atoms with Gasteiger partial charge in [0.2, 0.25) is 0 Å². The van der Waals surface area contributed by atoms with Gasteiger partial charge in [0.05, 0.1) is 0 Å². The van der Waals surface area contributed by atoms with Crippen molar-refractivity contribution in [1.82, 2.24) is 5.32 Å². The summed E-state index contributed by atoms with van der Waals surface area (Å²) in [5.74, 6) is 0.472. The molecule has 0 aromatic heterocycles. The number of hydrogen-bond acceptors (Lipinski definition) is 1. The van der Waals surface area contributed by atoms with Crippen molar-refractivity contribution >= 4 is 11.6 Å². The Morgan fingerprint density at radius 1 is 1.36 bits per heavy atom. The van der Waals surface area contributed by atoms with Crippen LogP contribution in [0.3, 0.4) is 0 Å². The number of nitrogens with one attached hydrogen (secondary N) is 1. The Hall–Kier alpha value is -0.600. The summed E-state index contributed by atoms with van der Waals surface area (Å²) in [6.07, 6.45) is 0.947. The van der Waals surface area contributed by atoms with E-state index in [1.165, 1.54) is 12.1 Å². The molecular weight excluding hydrogens is 201 g/mol. The lowest BCUT2D eigenvalue weighted by Gasteiger charge is -2.11. The molecule has 14 heavy (non-hydrogen) atoms. The molecular formula is C11H15ClFN. The van der Waals surface area contributed by atoms with Crippen molar-refractivity contribution in [1.29, 1.82) is 0 Å². The third kappa shape index (κ3) is 4.07. The predicted molar refractivity (Wildman–Crippen MR) is 58.0 cm³/mol. The van der Waals surface area contributed by atoms with Crippen LogP contribution >= 0.6 is 11.6 Å². The Balaban J connectivity index is 2.34. The molecule has 0 radical (unpaired) electrons. The van der Waals surface area contributed by atoms with Gasteiger partial charge in [-0.25, -0.2) is 4.39 Å². The standard InChI is InChI=1S/C11H15ClFN/c1-9(6-7-12)14-8-10-2-4-11(13)5-3-10/h2-5,9,14H,6-8H2,1H3. The van der Waals surface area contributed by atoms with Crippen molar-refractivity contribution in [3.05, 3.63) is 35.6 Å². The lowest BCUT2D eigenvalue weighted by atomic mass is 10.2. The molecule has 0 heterocycles. The molecule has 1 aromatic rings. The number of hydrogen-bond donors (Lipinski definition) is 1. The predicted octanol–water partition coefficient (Wildman–Crippen LogP) is 2.93. The number of halogens is 2. The molecule has 0 bridgehead atoms. The summed E-state index contributed by atoms with van der Waals surface area (Å²) in [6.45, 7) is 2.85. The molecule has 1 atom stereocenters. The van der Waals surface area contributed by atoms with Crippen molar-refractivity contribution < 1.29 is 4.39 Å². The van der Waals surface area contributed by atoms with Crippen LogP contribution in [-0.2, 0) is 6.54 Å². The Bertz CT molecular complexity index is 260. The smallest absolute Gasteiger partial charge is 0.123 e. The van der Waals surface area contributed by atoms with Crippen LogP contribution in [0.25, 0.3) is 0 Å². The molecule has 1 rings (SSSR count). The molecule has 0 saturated carbocycles. The van der Waals surface area contributed by atoms with Crippen molar-refractivity contribution in [2.75, 3.05) is 5.88 Å². The van der Waals surface area contributed by atoms with Crippen LogP contribution in [0.5, 0.6) is 0 Å². The van der Waals surface area contributed by atoms with E-state index in [2.05, 4.69) is 12.2 Å². The van der Waals surface area contributed by atoms with Crippen LogP contribution in [0.1, 0.15) is 18.9 Å². The highest BCUT2D eigenvalue weighted by Crippen LogP contribution is 2.03. The van der Waals surface area contributed by atoms with Crippen LogP contribution < -0.4 is 5.32 Å². The Kier molecular flexibility index (Phi) is 4.91. The fourth-order valence-electron chi connectivity index (χ4n) is 1.16. The molecule has 3 heteroatoms. The highest BCUT2D eigenvalue weighted by Gasteiger charge is 2.00. The maximum Gasteiger partial charge on any atom is 0.123 e. The molecule has 0 fully saturated rings. The summed E-state index contributed by atoms with van der Waals surface area (Å²) in [7, 11) is 0. The Labute approximate surface area is 89.3 Å². The zero-order chi connectivity index (χ0) is 10.4. The second-order valence-corrected chi connectivity index (χ2v) is 3.76. The quantitative estimate of drug-likeness (QED) is 0.745. The highest BCUT2D eigenvalue weighted by molar-refractivity contribution is 6.17. The first-order valence-corrected chi connectivity index (χ1v) is 5.29. The molecule has 78 valence electrons. The van der Waals surface area contributed by atoms with Gasteiger partial charge in [-0.1, -0.05) is 12.1 Å². The molecule has 0 aliphatic heterocycles. The van der Waals surface area contributed by atoms with E-state index < -0.39 is 0 Å². The Morgan fingerprint density at radius 3 is 2.57 bits per heavy atom. The first-order chi connectivity index (χ1) is 6.72. The second-order valence-electron chi connectivity index (χ2n) is 3.39. The summed E-state index contributed by atoms with van der Waals surface area (Å²) in [6, 6.07) is 6.93. The third-order valence-corrected chi connectivity index (χ3v) is 2.33. The monoisotopic (exact) mass is 215 g/mol. The van der Waals surface area contributed by atoms with Gasteiger partial charge in [-0.3, -0.25) is 0 Å². The third-order valence-electron chi connectivity index (χ3n) is 2.11. The normalized spacial score (nSPS) is 12.8. The van der Waals surface area contributed by atoms with E-state index in [9.17, 15) is 4.39 Å². The van der Waals surface area contributed by atoms with E-state index in [1.807, 2.05) is 0 Å². The van der Waals surface area contributed by atoms with Crippen LogP contribution in [-0.4, -0.2) is 11.9 Å². The molecule has 0 aliphatic carbocycles. The zero-order valence-corrected chi connectivity index (χ0v) is 9.02. The summed E-state index contributed by atoms with van der Waals surface area (Å²) >= 11 is 5.61. The van der Waals surface area contributed by atoms with Crippen LogP contribution in [0.15, 0.2) is 24.3 Å². The maximum absolute atomic E-state index is 12.6. The largest absolute Gasteiger partial charge is 0.310 e. The van der Waals surface area contributed by atoms with Crippen molar-refractivity contribution in [3.63, 3.8) is 0 Å². The van der Waals surface area contributed by atoms with Crippen LogP contribution in [0.2, 0.25) is 0 Å². The summed E-state index contributed by atoms with van der Waals surface area (Å²) in [4.78, 5) is 0. The molecule has 0 saturated heterocycles. The number of alkyl halides is 1. The lowest BCUT2D eigenvalue weighted by Crippen LogP contribution is -2.25. The fourth-order valence-corrected chi connectivity index (χ4v) is 1.49. The molecule has 1 unspecified atom stereocenters. The zero-order valence-electron chi connectivity index (χ0n) is 8.26. The van der Waals surface area contributed by atoms with E-state index in [-0.39, 0.29) is 5.82 Å². The summed E-state index contributed by atoms with van der Waals surface area (Å²) in [5, 5.41) is 3.31. The van der Waals surface area contributed by atoms with E-state index in [0.29, 0.717) is 11.9 Å². The van der Waals surface area contributed by atoms with Gasteiger partial charge in [0.15, 0.2) is 0 Å². The average molecular weight is 216 g/mol. The molecule has 1 aromatic carbocycles. The van der Waals surface area contributed by atoms with Gasteiger partial charge in [0.25, 0.3) is 0 Å². The second kappa shape index (κ2) is 5.99. The Morgan fingerprint density at radius 2 is 2.00 bits per heavy atom. The SMILES string of the molecule is CC(CCCl)NCc1ccc(F)cc1. The van der Waals surface area contributed by atoms with Gasteiger partial charge in [-0.05, 0) is 31.0 Å². The van der Waals surface area contributed by atoms with Crippen LogP contribution in [0, 0.1) is 5.82 Å². The first kappa shape index (κ1) is 11.5. The average Bonchev–Trinajstić information content (AvgIpc) is 2.17. The molecule has 0 aliphatic rings. The van der Waals surface area contributed by atoms with Gasteiger partial charge in [0, 0.05) is 18.5 Å². The molecule has 1 N–H and O–H groups in total. The fraction of sp³-hybridized carbons (Fsp3) is 0.455. The van der Waals surface area contributed by atoms with Gasteiger partial charge < -0.3 is 5.32 Å². The molecule has 0 spiro atoms. The first-order valence-electron chi connectivity index (χ1n) is 4.76. The van der Waals surface area contributed by atoms with E-state index in [0.717, 1.165) is 18.5 Å². The van der Waals surface area contributed by atoms with Crippen molar-refractivity contribution in [2.24, 2.45) is 0 Å². The maximum atomic E-state index is 12.6. The minimum absolute atomic E-state index is 0.192. The number of rotatable bonds is 5. The van der Waals surface area contributed by atoms with Crippen molar-refractivity contribution in [3.8, 4) is 0 Å².